The van der Waals surface area contributed by atoms with E-state index < -0.39 is 4.92 Å². The number of phenolic OH excluding ortho intramolecular Hbond substituents is 1. The molecule has 0 fully saturated rings. The lowest BCUT2D eigenvalue weighted by atomic mass is 10.2. The Labute approximate surface area is 121 Å². The Balaban J connectivity index is 2.59. The average Bonchev–Trinajstić information content (AvgIpc) is 2.41. The molecule has 0 heterocycles. The van der Waals surface area contributed by atoms with Crippen molar-refractivity contribution in [3.8, 4) is 5.75 Å². The lowest BCUT2D eigenvalue weighted by Gasteiger charge is -2.05. The molecule has 20 heavy (non-hydrogen) atoms. The molecule has 0 aromatic heterocycles. The van der Waals surface area contributed by atoms with Crippen LogP contribution >= 0.6 is 12.2 Å². The van der Waals surface area contributed by atoms with Crippen LogP contribution < -0.4 is 10.7 Å². The molecule has 0 amide bonds. The van der Waals surface area contributed by atoms with Crippen LogP contribution in [-0.4, -0.2) is 27.9 Å². The third-order valence-electron chi connectivity index (χ3n) is 2.41. The number of nitrogens with zero attached hydrogens (tertiary/aromatic N) is 2. The number of nitro benzene ring substituents is 1. The SMILES string of the molecule is CCCCNC(=S)N/N=C/c1cc([N+](=O)[O-])ccc1O. The first-order valence-electron chi connectivity index (χ1n) is 6.09. The summed E-state index contributed by atoms with van der Waals surface area (Å²) in [7, 11) is 0. The van der Waals surface area contributed by atoms with Crippen molar-refractivity contribution < 1.29 is 10.0 Å². The summed E-state index contributed by atoms with van der Waals surface area (Å²) in [5, 5.41) is 27.3. The van der Waals surface area contributed by atoms with Crippen molar-refractivity contribution in [3.63, 3.8) is 0 Å². The fraction of sp³-hybridized carbons (Fsp3) is 0.333. The molecule has 0 saturated heterocycles. The number of hydrazone groups is 1. The minimum Gasteiger partial charge on any atom is -0.507 e. The summed E-state index contributed by atoms with van der Waals surface area (Å²) in [4.78, 5) is 10.1. The van der Waals surface area contributed by atoms with Crippen molar-refractivity contribution in [1.82, 2.24) is 10.7 Å². The summed E-state index contributed by atoms with van der Waals surface area (Å²) in [5.41, 5.74) is 2.70. The third kappa shape index (κ3) is 5.19. The predicted octanol–water partition coefficient (Wildman–Crippen LogP) is 1.90. The summed E-state index contributed by atoms with van der Waals surface area (Å²) in [6.45, 7) is 2.82. The van der Waals surface area contributed by atoms with Crippen molar-refractivity contribution in [2.45, 2.75) is 19.8 Å². The van der Waals surface area contributed by atoms with E-state index >= 15 is 0 Å². The topological polar surface area (TPSA) is 99.8 Å². The smallest absolute Gasteiger partial charge is 0.270 e. The molecule has 108 valence electrons. The number of hydrogen-bond donors (Lipinski definition) is 3. The lowest BCUT2D eigenvalue weighted by molar-refractivity contribution is -0.384. The van der Waals surface area contributed by atoms with E-state index in [1.807, 2.05) is 0 Å². The molecule has 0 aliphatic heterocycles. The van der Waals surface area contributed by atoms with Crippen LogP contribution in [0.4, 0.5) is 5.69 Å². The van der Waals surface area contributed by atoms with Crippen LogP contribution in [0.1, 0.15) is 25.3 Å². The van der Waals surface area contributed by atoms with Crippen LogP contribution in [-0.2, 0) is 0 Å². The number of benzene rings is 1. The molecule has 7 nitrogen and oxygen atoms in total. The van der Waals surface area contributed by atoms with Gasteiger partial charge in [-0.15, -0.1) is 0 Å². The Kier molecular flexibility index (Phi) is 6.38. The van der Waals surface area contributed by atoms with Crippen LogP contribution in [0, 0.1) is 10.1 Å². The maximum absolute atomic E-state index is 10.6. The van der Waals surface area contributed by atoms with Gasteiger partial charge in [-0.3, -0.25) is 15.5 Å². The van der Waals surface area contributed by atoms with E-state index in [1.54, 1.807) is 0 Å². The molecular formula is C12H16N4O3S. The van der Waals surface area contributed by atoms with E-state index in [0.717, 1.165) is 19.4 Å². The first-order chi connectivity index (χ1) is 9.54. The Morgan fingerprint density at radius 1 is 1.60 bits per heavy atom. The minimum absolute atomic E-state index is 0.0917. The maximum Gasteiger partial charge on any atom is 0.270 e. The molecule has 1 rings (SSSR count). The summed E-state index contributed by atoms with van der Waals surface area (Å²) in [5.74, 6) is -0.0917. The fourth-order valence-electron chi connectivity index (χ4n) is 1.34. The number of aromatic hydroxyl groups is 1. The molecule has 0 unspecified atom stereocenters. The zero-order valence-corrected chi connectivity index (χ0v) is 11.8. The van der Waals surface area contributed by atoms with E-state index in [9.17, 15) is 15.2 Å². The molecule has 0 radical (unpaired) electrons. The van der Waals surface area contributed by atoms with Gasteiger partial charge in [0.15, 0.2) is 5.11 Å². The van der Waals surface area contributed by atoms with E-state index in [0.29, 0.717) is 5.11 Å². The first kappa shape index (κ1) is 15.8. The van der Waals surface area contributed by atoms with Gasteiger partial charge in [-0.1, -0.05) is 13.3 Å². The molecule has 1 aromatic rings. The standard InChI is InChI=1S/C12H16N4O3S/c1-2-3-6-13-12(20)15-14-8-9-7-10(16(18)19)4-5-11(9)17/h4-5,7-8,17H,2-3,6H2,1H3,(H2,13,15,20)/b14-8+. The normalized spacial score (nSPS) is 10.4. The molecule has 0 bridgehead atoms. The Hall–Kier alpha value is -2.22. The molecule has 8 heteroatoms. The van der Waals surface area contributed by atoms with E-state index in [-0.39, 0.29) is 17.0 Å². The zero-order chi connectivity index (χ0) is 15.0. The van der Waals surface area contributed by atoms with Crippen LogP contribution in [0.25, 0.3) is 0 Å². The van der Waals surface area contributed by atoms with Gasteiger partial charge in [-0.05, 0) is 24.7 Å². The molecule has 3 N–H and O–H groups in total. The minimum atomic E-state index is -0.541. The monoisotopic (exact) mass is 296 g/mol. The van der Waals surface area contributed by atoms with Crippen LogP contribution in [0.15, 0.2) is 23.3 Å². The van der Waals surface area contributed by atoms with Gasteiger partial charge >= 0.3 is 0 Å². The van der Waals surface area contributed by atoms with E-state index in [1.165, 1.54) is 24.4 Å². The predicted molar refractivity (Wildman–Crippen MR) is 81.0 cm³/mol. The molecule has 0 atom stereocenters. The lowest BCUT2D eigenvalue weighted by Crippen LogP contribution is -2.32. The van der Waals surface area contributed by atoms with Crippen molar-refractivity contribution in [2.24, 2.45) is 5.10 Å². The van der Waals surface area contributed by atoms with Crippen LogP contribution in [0.3, 0.4) is 0 Å². The number of hydrogen-bond acceptors (Lipinski definition) is 5. The summed E-state index contributed by atoms with van der Waals surface area (Å²) in [6.07, 6.45) is 3.33. The number of nitro groups is 1. The van der Waals surface area contributed by atoms with Crippen molar-refractivity contribution in [1.29, 1.82) is 0 Å². The number of nitrogens with one attached hydrogen (secondary N) is 2. The summed E-state index contributed by atoms with van der Waals surface area (Å²) in [6, 6.07) is 3.70. The average molecular weight is 296 g/mol. The van der Waals surface area contributed by atoms with Gasteiger partial charge in [0, 0.05) is 24.2 Å². The molecule has 0 spiro atoms. The van der Waals surface area contributed by atoms with Crippen molar-refractivity contribution >= 4 is 29.2 Å². The fourth-order valence-corrected chi connectivity index (χ4v) is 1.49. The third-order valence-corrected chi connectivity index (χ3v) is 2.64. The molecule has 0 aliphatic carbocycles. The Bertz CT molecular complexity index is 519. The quantitative estimate of drug-likeness (QED) is 0.244. The highest BCUT2D eigenvalue weighted by Crippen LogP contribution is 2.21. The van der Waals surface area contributed by atoms with E-state index in [2.05, 4.69) is 22.8 Å². The van der Waals surface area contributed by atoms with Gasteiger partial charge in [0.05, 0.1) is 11.1 Å². The Morgan fingerprint density at radius 3 is 3.00 bits per heavy atom. The number of unbranched alkanes of at least 4 members (excludes halogenated alkanes) is 1. The molecular weight excluding hydrogens is 280 g/mol. The van der Waals surface area contributed by atoms with Gasteiger partial charge in [-0.25, -0.2) is 0 Å². The number of non-ortho nitro benzene ring substituents is 1. The van der Waals surface area contributed by atoms with Gasteiger partial charge in [0.1, 0.15) is 5.75 Å². The Morgan fingerprint density at radius 2 is 2.35 bits per heavy atom. The van der Waals surface area contributed by atoms with Crippen molar-refractivity contribution in [2.75, 3.05) is 6.54 Å². The second-order valence-electron chi connectivity index (χ2n) is 3.98. The highest BCUT2D eigenvalue weighted by atomic mass is 32.1. The van der Waals surface area contributed by atoms with Crippen LogP contribution in [0.5, 0.6) is 5.75 Å². The van der Waals surface area contributed by atoms with Gasteiger partial charge in [0.2, 0.25) is 0 Å². The first-order valence-corrected chi connectivity index (χ1v) is 6.49. The highest BCUT2D eigenvalue weighted by molar-refractivity contribution is 7.80. The largest absolute Gasteiger partial charge is 0.507 e. The molecule has 1 aromatic carbocycles. The van der Waals surface area contributed by atoms with Crippen molar-refractivity contribution in [3.05, 3.63) is 33.9 Å². The number of thiocarbonyl (C=S) groups is 1. The highest BCUT2D eigenvalue weighted by Gasteiger charge is 2.08. The van der Waals surface area contributed by atoms with Crippen LogP contribution in [0.2, 0.25) is 0 Å². The molecule has 0 saturated carbocycles. The zero-order valence-electron chi connectivity index (χ0n) is 11.0. The second-order valence-corrected chi connectivity index (χ2v) is 4.39. The summed E-state index contributed by atoms with van der Waals surface area (Å²) >= 11 is 4.98. The second kappa shape index (κ2) is 8.05. The van der Waals surface area contributed by atoms with Gasteiger partial charge in [-0.2, -0.15) is 5.10 Å². The summed E-state index contributed by atoms with van der Waals surface area (Å²) < 4.78 is 0. The van der Waals surface area contributed by atoms with Gasteiger partial charge < -0.3 is 10.4 Å². The number of phenols is 1. The molecule has 0 aliphatic rings. The van der Waals surface area contributed by atoms with Gasteiger partial charge in [0.25, 0.3) is 5.69 Å². The maximum atomic E-state index is 10.6. The van der Waals surface area contributed by atoms with E-state index in [4.69, 9.17) is 12.2 Å². The number of rotatable bonds is 6.